The number of carbonyl (C=O) groups excluding carboxylic acids is 12. The Balaban J connectivity index is -0.000000148. The molecule has 0 spiro atoms. The summed E-state index contributed by atoms with van der Waals surface area (Å²) >= 11 is 0. The maximum absolute atomic E-state index is 10.4. The van der Waals surface area contributed by atoms with E-state index in [2.05, 4.69) is 0 Å². The number of hydrogen-bond acceptors (Lipinski definition) is 30. The molecule has 0 aromatic rings. The van der Waals surface area contributed by atoms with E-state index in [0.717, 1.165) is 29.4 Å². The number of carboxylic acids is 12. The Morgan fingerprint density at radius 1 is 0.188 bits per heavy atom. The van der Waals surface area contributed by atoms with Gasteiger partial charge in [-0.05, 0) is 0 Å². The minimum atomic E-state index is -1.53. The van der Waals surface area contributed by atoms with Crippen molar-refractivity contribution in [3.8, 4) is 0 Å². The van der Waals surface area contributed by atoms with Gasteiger partial charge in [0.05, 0.1) is 71.6 Å². The van der Waals surface area contributed by atoms with Crippen LogP contribution in [0.15, 0.2) is 0 Å². The van der Waals surface area contributed by atoms with Gasteiger partial charge in [0.25, 0.3) is 0 Å². The van der Waals surface area contributed by atoms with Gasteiger partial charge in [-0.3, -0.25) is 29.4 Å². The second-order valence-electron chi connectivity index (χ2n) is 11.7. The van der Waals surface area contributed by atoms with Crippen LogP contribution in [0.2, 0.25) is 0 Å². The number of hydrogen-bond donors (Lipinski definition) is 0. The molecule has 0 N–H and O–H groups in total. The van der Waals surface area contributed by atoms with Crippen molar-refractivity contribution in [1.29, 1.82) is 0 Å². The first-order valence-corrected chi connectivity index (χ1v) is 16.3. The van der Waals surface area contributed by atoms with Crippen LogP contribution in [0.5, 0.6) is 0 Å². The van der Waals surface area contributed by atoms with Gasteiger partial charge in [0.15, 0.2) is 0 Å². The van der Waals surface area contributed by atoms with Crippen LogP contribution in [0, 0.1) is 198 Å². The summed E-state index contributed by atoms with van der Waals surface area (Å²) in [5, 5.41) is 125. The monoisotopic (exact) mass is 1480 g/mol. The smallest absolute Gasteiger partial charge is 0.549 e. The van der Waals surface area contributed by atoms with E-state index in [9.17, 15) is 119 Å². The molecule has 0 aliphatic rings. The Morgan fingerprint density at radius 2 is 0.250 bits per heavy atom. The number of carboxylic acid groups (broad SMARTS) is 12. The quantitative estimate of drug-likeness (QED) is 0.0589. The second-order valence-corrected chi connectivity index (χ2v) is 11.7. The van der Waals surface area contributed by atoms with Crippen LogP contribution < -0.4 is 61.3 Å². The van der Waals surface area contributed by atoms with Crippen molar-refractivity contribution in [3.05, 3.63) is 0 Å². The molecular weight excluding hydrogens is 1440 g/mol. The molecule has 0 aromatic carbocycles. The van der Waals surface area contributed by atoms with Gasteiger partial charge in [-0.15, -0.1) is 0 Å². The largest absolute Gasteiger partial charge is 3.00 e. The molecule has 0 aliphatic heterocycles. The van der Waals surface area contributed by atoms with E-state index in [-0.39, 0.29) is 237 Å². The normalized spacial score (nSPS) is 10.0. The third kappa shape index (κ3) is 57.9. The van der Waals surface area contributed by atoms with Crippen molar-refractivity contribution in [2.45, 2.75) is 0 Å². The molecule has 30 nitrogen and oxygen atoms in total. The molecule has 0 amide bonds. The SMILES string of the molecule is O=C([O-])CN(CCN(CC(=O)[O-])CC(=O)[O-])CC(=O)[O-].O=C([O-])CN(CCN(CC(=O)[O-])CC(=O)[O-])CC(=O)[O-].O=C([O-])CN(CCN(CC(=O)[O-])CC(=O)[O-])CC(=O)[O-].[Eu+3].[Eu+3].[Eu+3].[Eu+3]. The molecular formula is C30H36Eu4N6O24. The van der Waals surface area contributed by atoms with Crippen molar-refractivity contribution in [2.75, 3.05) is 118 Å². The molecule has 0 radical (unpaired) electrons. The van der Waals surface area contributed by atoms with Crippen molar-refractivity contribution < 1.29 is 316 Å². The molecule has 0 heterocycles. The molecule has 0 aromatic heterocycles. The fourth-order valence-electron chi connectivity index (χ4n) is 4.32. The summed E-state index contributed by atoms with van der Waals surface area (Å²) in [6.07, 6.45) is 0. The van der Waals surface area contributed by atoms with Gasteiger partial charge in [-0.2, -0.15) is 0 Å². The number of nitrogens with zero attached hydrogens (tertiary/aromatic N) is 6. The van der Waals surface area contributed by atoms with Crippen molar-refractivity contribution in [2.24, 2.45) is 0 Å². The van der Waals surface area contributed by atoms with Crippen LogP contribution in [0.1, 0.15) is 0 Å². The van der Waals surface area contributed by atoms with E-state index in [1.54, 1.807) is 0 Å². The molecule has 0 fully saturated rings. The van der Waals surface area contributed by atoms with Gasteiger partial charge in [0.2, 0.25) is 0 Å². The summed E-state index contributed by atoms with van der Waals surface area (Å²) in [5.74, 6) is -18.4. The van der Waals surface area contributed by atoms with E-state index in [4.69, 9.17) is 0 Å². The zero-order valence-electron chi connectivity index (χ0n) is 32.7. The standard InChI is InChI=1S/3C10H16N2O8.4Eu/c3*13-7(14)3-11(4-8(15)16)1-2-12(5-9(17)18)6-10(19)20;;;;/h3*1-6H2,(H,13,14)(H,15,16)(H,17,18)(H,19,20);;;;/q;;;4*+3/p-12. The van der Waals surface area contributed by atoms with Gasteiger partial charge in [-0.1, -0.05) is 0 Å². The van der Waals surface area contributed by atoms with Crippen LogP contribution in [0.3, 0.4) is 0 Å². The van der Waals surface area contributed by atoms with Gasteiger partial charge >= 0.3 is 198 Å². The minimum absolute atomic E-state index is 0. The average Bonchev–Trinajstić information content (AvgIpc) is 3.02. The molecule has 358 valence electrons. The predicted molar refractivity (Wildman–Crippen MR) is 159 cm³/mol. The zero-order chi connectivity index (χ0) is 47.1. The molecule has 34 heteroatoms. The van der Waals surface area contributed by atoms with Gasteiger partial charge in [-0.25, -0.2) is 0 Å². The van der Waals surface area contributed by atoms with Crippen LogP contribution in [0.25, 0.3) is 0 Å². The van der Waals surface area contributed by atoms with Crippen LogP contribution in [0.4, 0.5) is 0 Å². The topological polar surface area (TPSA) is 501 Å². The fourth-order valence-corrected chi connectivity index (χ4v) is 4.32. The molecule has 0 aliphatic carbocycles. The van der Waals surface area contributed by atoms with Gasteiger partial charge in [0.1, 0.15) is 0 Å². The van der Waals surface area contributed by atoms with Crippen LogP contribution in [-0.2, 0) is 57.5 Å². The van der Waals surface area contributed by atoms with Crippen molar-refractivity contribution in [1.82, 2.24) is 29.4 Å². The maximum Gasteiger partial charge on any atom is 3.00 e. The number of rotatable bonds is 33. The van der Waals surface area contributed by atoms with E-state index >= 15 is 0 Å². The Bertz CT molecular complexity index is 1140. The summed E-state index contributed by atoms with van der Waals surface area (Å²) in [4.78, 5) is 130. The van der Waals surface area contributed by atoms with E-state index < -0.39 is 150 Å². The first-order valence-electron chi connectivity index (χ1n) is 16.3. The van der Waals surface area contributed by atoms with E-state index in [0.29, 0.717) is 0 Å². The van der Waals surface area contributed by atoms with E-state index in [1.807, 2.05) is 0 Å². The molecule has 64 heavy (non-hydrogen) atoms. The molecule has 0 atom stereocenters. The Labute approximate surface area is 526 Å². The molecule has 0 bridgehead atoms. The van der Waals surface area contributed by atoms with E-state index in [1.165, 1.54) is 0 Å². The summed E-state index contributed by atoms with van der Waals surface area (Å²) in [6.45, 7) is -9.75. The van der Waals surface area contributed by atoms with Crippen molar-refractivity contribution >= 4 is 71.6 Å². The van der Waals surface area contributed by atoms with Crippen molar-refractivity contribution in [3.63, 3.8) is 0 Å². The third-order valence-corrected chi connectivity index (χ3v) is 6.43. The molecule has 0 saturated heterocycles. The molecule has 0 unspecified atom stereocenters. The second kappa shape index (κ2) is 46.5. The molecule has 0 rings (SSSR count). The maximum atomic E-state index is 10.4. The summed E-state index contributed by atoms with van der Waals surface area (Å²) in [5.41, 5.74) is 0. The van der Waals surface area contributed by atoms with Crippen LogP contribution in [-0.4, -0.2) is 219 Å². The zero-order valence-corrected chi connectivity index (χ0v) is 42.4. The Hall–Kier alpha value is -0.262. The average molecular weight is 1470 g/mol. The number of aliphatic carboxylic acids is 12. The minimum Gasteiger partial charge on any atom is -0.549 e. The number of carbonyl (C=O) groups is 12. The molecule has 0 saturated carbocycles. The van der Waals surface area contributed by atoms with Gasteiger partial charge in [0, 0.05) is 118 Å². The summed E-state index contributed by atoms with van der Waals surface area (Å²) < 4.78 is 0. The first kappa shape index (κ1) is 77.9. The summed E-state index contributed by atoms with van der Waals surface area (Å²) in [7, 11) is 0. The first-order chi connectivity index (χ1) is 27.6. The third-order valence-electron chi connectivity index (χ3n) is 6.43. The summed E-state index contributed by atoms with van der Waals surface area (Å²) in [6, 6.07) is 0. The fraction of sp³-hybridized carbons (Fsp3) is 0.600. The predicted octanol–water partition coefficient (Wildman–Crippen LogP) is -22.2. The van der Waals surface area contributed by atoms with Crippen LogP contribution >= 0.6 is 0 Å². The Morgan fingerprint density at radius 3 is 0.297 bits per heavy atom. The van der Waals surface area contributed by atoms with Gasteiger partial charge < -0.3 is 119 Å². The Kier molecular flexibility index (Phi) is 56.6.